The minimum atomic E-state index is -3.98. The molecule has 2 heterocycles. The van der Waals surface area contributed by atoms with Gasteiger partial charge in [-0.2, -0.15) is 0 Å². The fourth-order valence-electron chi connectivity index (χ4n) is 4.16. The minimum absolute atomic E-state index is 0.101. The Morgan fingerprint density at radius 2 is 1.78 bits per heavy atom. The molecule has 0 spiro atoms. The highest BCUT2D eigenvalue weighted by Crippen LogP contribution is 2.31. The van der Waals surface area contributed by atoms with Crippen molar-refractivity contribution < 1.29 is 23.2 Å². The Hall–Kier alpha value is -2.88. The lowest BCUT2D eigenvalue weighted by atomic mass is 10.1. The second-order valence-electron chi connectivity index (χ2n) is 7.99. The van der Waals surface area contributed by atoms with Crippen LogP contribution in [-0.2, 0) is 19.7 Å². The fraction of sp³-hybridized carbons (Fsp3) is 0.348. The molecule has 170 valence electrons. The lowest BCUT2D eigenvalue weighted by Crippen LogP contribution is -2.51. The fourth-order valence-corrected chi connectivity index (χ4v) is 5.65. The number of sulfonamides is 1. The maximum atomic E-state index is 13.5. The number of hydroxylamine groups is 1. The smallest absolute Gasteiger partial charge is 0.264 e. The first-order chi connectivity index (χ1) is 15.4. The summed E-state index contributed by atoms with van der Waals surface area (Å²) in [6, 6.07) is 15.4. The Morgan fingerprint density at radius 1 is 1.09 bits per heavy atom. The van der Waals surface area contributed by atoms with E-state index in [-0.39, 0.29) is 23.8 Å². The molecule has 4 rings (SSSR count). The van der Waals surface area contributed by atoms with E-state index in [0.29, 0.717) is 25.1 Å². The number of aliphatic hydroxyl groups excluding tert-OH is 1. The van der Waals surface area contributed by atoms with Crippen molar-refractivity contribution in [1.82, 2.24) is 14.7 Å². The summed E-state index contributed by atoms with van der Waals surface area (Å²) in [5.41, 5.74) is 5.04. The number of rotatable bonds is 6. The molecule has 0 radical (unpaired) electrons. The van der Waals surface area contributed by atoms with Gasteiger partial charge in [0.15, 0.2) is 0 Å². The SMILES string of the molecule is CONC1=CN(S(=O)(=O)c2ccc(-c3ccccc3)cc2)C(C(=O)N2CCCC(O)C2)C1. The van der Waals surface area contributed by atoms with Crippen LogP contribution >= 0.6 is 0 Å². The number of hydrogen-bond acceptors (Lipinski definition) is 6. The number of hydrogen-bond donors (Lipinski definition) is 2. The zero-order chi connectivity index (χ0) is 22.7. The predicted octanol–water partition coefficient (Wildman–Crippen LogP) is 2.09. The van der Waals surface area contributed by atoms with E-state index in [2.05, 4.69) is 5.48 Å². The number of piperidine rings is 1. The van der Waals surface area contributed by atoms with Crippen LogP contribution in [0.2, 0.25) is 0 Å². The molecule has 2 aliphatic rings. The first-order valence-corrected chi connectivity index (χ1v) is 12.0. The highest BCUT2D eigenvalue weighted by Gasteiger charge is 2.41. The van der Waals surface area contributed by atoms with Crippen molar-refractivity contribution in [3.63, 3.8) is 0 Å². The van der Waals surface area contributed by atoms with E-state index in [0.717, 1.165) is 15.4 Å². The molecule has 1 fully saturated rings. The molecular weight excluding hydrogens is 430 g/mol. The number of nitrogens with zero attached hydrogens (tertiary/aromatic N) is 2. The predicted molar refractivity (Wildman–Crippen MR) is 119 cm³/mol. The van der Waals surface area contributed by atoms with E-state index >= 15 is 0 Å². The summed E-state index contributed by atoms with van der Waals surface area (Å²) in [6.45, 7) is 0.709. The Kier molecular flexibility index (Phi) is 6.50. The number of amides is 1. The first-order valence-electron chi connectivity index (χ1n) is 10.6. The molecule has 2 N–H and O–H groups in total. The third-order valence-corrected chi connectivity index (χ3v) is 7.55. The van der Waals surface area contributed by atoms with Gasteiger partial charge in [-0.3, -0.25) is 19.4 Å². The summed E-state index contributed by atoms with van der Waals surface area (Å²) in [5, 5.41) is 9.96. The van der Waals surface area contributed by atoms with Crippen molar-refractivity contribution in [2.45, 2.75) is 36.3 Å². The Bertz CT molecular complexity index is 1090. The summed E-state index contributed by atoms with van der Waals surface area (Å²) >= 11 is 0. The zero-order valence-corrected chi connectivity index (χ0v) is 18.7. The minimum Gasteiger partial charge on any atom is -0.391 e. The first kappa shape index (κ1) is 22.3. The van der Waals surface area contributed by atoms with E-state index in [1.54, 1.807) is 29.2 Å². The average molecular weight is 458 g/mol. The van der Waals surface area contributed by atoms with Crippen LogP contribution in [0.15, 0.2) is 71.4 Å². The van der Waals surface area contributed by atoms with Gasteiger partial charge >= 0.3 is 0 Å². The van der Waals surface area contributed by atoms with Crippen molar-refractivity contribution in [2.24, 2.45) is 0 Å². The van der Waals surface area contributed by atoms with Gasteiger partial charge in [-0.05, 0) is 36.1 Å². The normalized spacial score (nSPS) is 21.4. The molecule has 2 unspecified atom stereocenters. The van der Waals surface area contributed by atoms with E-state index in [4.69, 9.17) is 4.84 Å². The molecule has 2 aromatic rings. The Morgan fingerprint density at radius 3 is 2.44 bits per heavy atom. The number of benzene rings is 2. The van der Waals surface area contributed by atoms with Gasteiger partial charge in [0, 0.05) is 25.7 Å². The van der Waals surface area contributed by atoms with Gasteiger partial charge in [0.1, 0.15) is 6.04 Å². The van der Waals surface area contributed by atoms with Crippen LogP contribution in [-0.4, -0.2) is 61.0 Å². The second-order valence-corrected chi connectivity index (χ2v) is 9.83. The summed E-state index contributed by atoms with van der Waals surface area (Å²) in [7, 11) is -2.56. The quantitative estimate of drug-likeness (QED) is 0.645. The zero-order valence-electron chi connectivity index (χ0n) is 17.8. The van der Waals surface area contributed by atoms with Crippen molar-refractivity contribution in [3.05, 3.63) is 66.5 Å². The van der Waals surface area contributed by atoms with Gasteiger partial charge in [-0.25, -0.2) is 8.42 Å². The number of carbonyl (C=O) groups is 1. The average Bonchev–Trinajstić information content (AvgIpc) is 3.24. The summed E-state index contributed by atoms with van der Waals surface area (Å²) in [4.78, 5) is 19.8. The van der Waals surface area contributed by atoms with E-state index in [9.17, 15) is 18.3 Å². The molecule has 0 aromatic heterocycles. The number of carbonyl (C=O) groups excluding carboxylic acids is 1. The summed E-state index contributed by atoms with van der Waals surface area (Å²) < 4.78 is 28.1. The van der Waals surface area contributed by atoms with Gasteiger partial charge in [-0.1, -0.05) is 42.5 Å². The molecule has 2 atom stereocenters. The molecule has 2 aliphatic heterocycles. The van der Waals surface area contributed by atoms with E-state index in [1.807, 2.05) is 30.3 Å². The van der Waals surface area contributed by atoms with Crippen LogP contribution in [0.1, 0.15) is 19.3 Å². The van der Waals surface area contributed by atoms with Gasteiger partial charge < -0.3 is 10.0 Å². The van der Waals surface area contributed by atoms with Crippen molar-refractivity contribution in [2.75, 3.05) is 20.2 Å². The van der Waals surface area contributed by atoms with Gasteiger partial charge in [0.05, 0.1) is 23.8 Å². The number of nitrogens with one attached hydrogen (secondary N) is 1. The highest BCUT2D eigenvalue weighted by atomic mass is 32.2. The Labute approximate surface area is 188 Å². The topological polar surface area (TPSA) is 99.2 Å². The number of aliphatic hydroxyl groups is 1. The van der Waals surface area contributed by atoms with Crippen molar-refractivity contribution >= 4 is 15.9 Å². The third kappa shape index (κ3) is 4.50. The lowest BCUT2D eigenvalue weighted by molar-refractivity contribution is -0.137. The molecule has 32 heavy (non-hydrogen) atoms. The third-order valence-electron chi connectivity index (χ3n) is 5.77. The second kappa shape index (κ2) is 9.32. The maximum Gasteiger partial charge on any atom is 0.264 e. The number of β-amino-alcohol motifs (C(OH)–C–C–N with tert-alkyl or cyclic N) is 1. The molecule has 0 saturated carbocycles. The van der Waals surface area contributed by atoms with Crippen LogP contribution in [0.3, 0.4) is 0 Å². The van der Waals surface area contributed by atoms with Crippen LogP contribution < -0.4 is 5.48 Å². The largest absolute Gasteiger partial charge is 0.391 e. The summed E-state index contributed by atoms with van der Waals surface area (Å²) in [6.07, 6.45) is 2.31. The molecule has 8 nitrogen and oxygen atoms in total. The molecule has 9 heteroatoms. The standard InChI is InChI=1S/C23H27N3O5S/c1-31-24-19-14-22(23(28)25-13-5-8-20(27)16-25)26(15-19)32(29,30)21-11-9-18(10-12-21)17-6-3-2-4-7-17/h2-4,6-7,9-12,15,20,22,24,27H,5,8,13-14,16H2,1H3. The highest BCUT2D eigenvalue weighted by molar-refractivity contribution is 7.89. The lowest BCUT2D eigenvalue weighted by Gasteiger charge is -2.34. The monoisotopic (exact) mass is 457 g/mol. The Balaban J connectivity index is 1.62. The van der Waals surface area contributed by atoms with Gasteiger partial charge in [-0.15, -0.1) is 0 Å². The number of likely N-dealkylation sites (tertiary alicyclic amines) is 1. The molecule has 0 bridgehead atoms. The van der Waals surface area contributed by atoms with Crippen molar-refractivity contribution in [1.29, 1.82) is 0 Å². The van der Waals surface area contributed by atoms with Gasteiger partial charge in [0.25, 0.3) is 10.0 Å². The van der Waals surface area contributed by atoms with E-state index < -0.39 is 22.2 Å². The van der Waals surface area contributed by atoms with Crippen LogP contribution in [0.4, 0.5) is 0 Å². The maximum absolute atomic E-state index is 13.5. The van der Waals surface area contributed by atoms with Crippen LogP contribution in [0.25, 0.3) is 11.1 Å². The van der Waals surface area contributed by atoms with Gasteiger partial charge in [0.2, 0.25) is 5.91 Å². The molecular formula is C23H27N3O5S. The summed E-state index contributed by atoms with van der Waals surface area (Å²) in [5.74, 6) is -0.322. The van der Waals surface area contributed by atoms with Crippen molar-refractivity contribution in [3.8, 4) is 11.1 Å². The molecule has 2 aromatic carbocycles. The molecule has 1 saturated heterocycles. The van der Waals surface area contributed by atoms with Crippen LogP contribution in [0, 0.1) is 0 Å². The molecule has 0 aliphatic carbocycles. The van der Waals surface area contributed by atoms with E-state index in [1.165, 1.54) is 13.3 Å². The van der Waals surface area contributed by atoms with Crippen LogP contribution in [0.5, 0.6) is 0 Å². The molecule has 1 amide bonds.